The van der Waals surface area contributed by atoms with E-state index in [0.717, 1.165) is 29.8 Å². The maximum atomic E-state index is 13.2. The molecule has 2 aromatic rings. The Bertz CT molecular complexity index is 923. The van der Waals surface area contributed by atoms with Crippen molar-refractivity contribution in [2.45, 2.75) is 44.4 Å². The summed E-state index contributed by atoms with van der Waals surface area (Å²) in [6.07, 6.45) is 2.43. The summed E-state index contributed by atoms with van der Waals surface area (Å²) in [6, 6.07) is 17.4. The predicted molar refractivity (Wildman–Crippen MR) is 118 cm³/mol. The number of para-hydroxylation sites is 1. The number of anilines is 1. The standard InChI is InChI=1S/C23H25N3O2S/c1-15-8-12-19(13-9-15)24-21(27)14-20-22(28)26(16(2)17-10-11-17)23(29-20)25-18-6-4-3-5-7-18/h3-9,12-13,16-17,20H,10-11,14H2,1-2H3,(H,24,27)/t16-,20+/m1/s1. The Hall–Kier alpha value is -2.60. The van der Waals surface area contributed by atoms with Crippen molar-refractivity contribution in [3.8, 4) is 0 Å². The van der Waals surface area contributed by atoms with Crippen molar-refractivity contribution < 1.29 is 9.59 Å². The first-order valence-corrected chi connectivity index (χ1v) is 10.9. The number of hydrogen-bond acceptors (Lipinski definition) is 4. The molecule has 2 aromatic carbocycles. The molecule has 2 atom stereocenters. The van der Waals surface area contributed by atoms with Crippen molar-refractivity contribution in [3.05, 3.63) is 60.2 Å². The highest BCUT2D eigenvalue weighted by Gasteiger charge is 2.45. The monoisotopic (exact) mass is 407 g/mol. The second kappa shape index (κ2) is 8.41. The molecule has 29 heavy (non-hydrogen) atoms. The summed E-state index contributed by atoms with van der Waals surface area (Å²) in [5, 5.41) is 3.16. The molecule has 1 aliphatic heterocycles. The van der Waals surface area contributed by atoms with Crippen LogP contribution in [0.15, 0.2) is 59.6 Å². The predicted octanol–water partition coefficient (Wildman–Crippen LogP) is 4.75. The number of aliphatic imine (C=N–C) groups is 1. The van der Waals surface area contributed by atoms with Gasteiger partial charge >= 0.3 is 0 Å². The molecule has 2 aliphatic rings. The highest BCUT2D eigenvalue weighted by molar-refractivity contribution is 8.15. The molecule has 6 heteroatoms. The second-order valence-electron chi connectivity index (χ2n) is 7.74. The van der Waals surface area contributed by atoms with Crippen LogP contribution < -0.4 is 5.32 Å². The molecule has 0 spiro atoms. The van der Waals surface area contributed by atoms with Crippen LogP contribution in [0.3, 0.4) is 0 Å². The molecule has 0 unspecified atom stereocenters. The summed E-state index contributed by atoms with van der Waals surface area (Å²) in [5.41, 5.74) is 2.70. The highest BCUT2D eigenvalue weighted by atomic mass is 32.2. The molecule has 1 saturated carbocycles. The van der Waals surface area contributed by atoms with Gasteiger partial charge in [-0.1, -0.05) is 47.7 Å². The molecule has 150 valence electrons. The number of amidine groups is 1. The van der Waals surface area contributed by atoms with Gasteiger partial charge in [0.1, 0.15) is 5.25 Å². The van der Waals surface area contributed by atoms with E-state index in [1.807, 2.05) is 66.4 Å². The number of benzene rings is 2. The largest absolute Gasteiger partial charge is 0.326 e. The van der Waals surface area contributed by atoms with Crippen LogP contribution >= 0.6 is 11.8 Å². The normalized spacial score (nSPS) is 21.4. The molecule has 2 fully saturated rings. The van der Waals surface area contributed by atoms with E-state index in [-0.39, 0.29) is 24.3 Å². The van der Waals surface area contributed by atoms with Gasteiger partial charge in [0, 0.05) is 18.2 Å². The lowest BCUT2D eigenvalue weighted by molar-refractivity contribution is -0.129. The first-order chi connectivity index (χ1) is 14.0. The maximum Gasteiger partial charge on any atom is 0.242 e. The maximum absolute atomic E-state index is 13.2. The van der Waals surface area contributed by atoms with Crippen LogP contribution in [0, 0.1) is 12.8 Å². The van der Waals surface area contributed by atoms with Gasteiger partial charge in [-0.3, -0.25) is 14.5 Å². The molecule has 0 radical (unpaired) electrons. The second-order valence-corrected chi connectivity index (χ2v) is 8.91. The van der Waals surface area contributed by atoms with Gasteiger partial charge in [-0.25, -0.2) is 4.99 Å². The number of carbonyl (C=O) groups is 2. The van der Waals surface area contributed by atoms with Gasteiger partial charge in [0.2, 0.25) is 11.8 Å². The van der Waals surface area contributed by atoms with Crippen LogP contribution in [0.5, 0.6) is 0 Å². The van der Waals surface area contributed by atoms with E-state index < -0.39 is 5.25 Å². The number of carbonyl (C=O) groups excluding carboxylic acids is 2. The van der Waals surface area contributed by atoms with Crippen molar-refractivity contribution >= 4 is 40.1 Å². The van der Waals surface area contributed by atoms with Crippen LogP contribution in [0.4, 0.5) is 11.4 Å². The molecule has 1 saturated heterocycles. The Morgan fingerprint density at radius 1 is 1.17 bits per heavy atom. The van der Waals surface area contributed by atoms with Crippen molar-refractivity contribution in [2.75, 3.05) is 5.32 Å². The Morgan fingerprint density at radius 3 is 2.52 bits per heavy atom. The number of nitrogens with zero attached hydrogens (tertiary/aromatic N) is 2. The Kier molecular flexibility index (Phi) is 5.72. The topological polar surface area (TPSA) is 61.8 Å². The van der Waals surface area contributed by atoms with Gasteiger partial charge in [0.05, 0.1) is 5.69 Å². The molecule has 1 heterocycles. The first-order valence-electron chi connectivity index (χ1n) is 10.0. The number of hydrogen-bond donors (Lipinski definition) is 1. The molecule has 5 nitrogen and oxygen atoms in total. The summed E-state index contributed by atoms with van der Waals surface area (Å²) in [4.78, 5) is 32.3. The summed E-state index contributed by atoms with van der Waals surface area (Å²) >= 11 is 1.40. The van der Waals surface area contributed by atoms with Crippen molar-refractivity contribution in [2.24, 2.45) is 10.9 Å². The zero-order valence-electron chi connectivity index (χ0n) is 16.7. The van der Waals surface area contributed by atoms with Crippen LogP contribution in [0.1, 0.15) is 31.7 Å². The molecule has 1 aliphatic carbocycles. The molecule has 4 rings (SSSR count). The van der Waals surface area contributed by atoms with E-state index in [1.54, 1.807) is 0 Å². The summed E-state index contributed by atoms with van der Waals surface area (Å²) in [6.45, 7) is 4.09. The number of amides is 2. The van der Waals surface area contributed by atoms with Crippen LogP contribution in [0.25, 0.3) is 0 Å². The average molecular weight is 408 g/mol. The molecule has 0 aromatic heterocycles. The van der Waals surface area contributed by atoms with Crippen LogP contribution in [0.2, 0.25) is 0 Å². The number of rotatable bonds is 6. The van der Waals surface area contributed by atoms with Gasteiger partial charge in [-0.15, -0.1) is 0 Å². The third-order valence-electron chi connectivity index (χ3n) is 5.37. The van der Waals surface area contributed by atoms with E-state index in [2.05, 4.69) is 12.2 Å². The van der Waals surface area contributed by atoms with Gasteiger partial charge in [0.15, 0.2) is 5.17 Å². The van der Waals surface area contributed by atoms with Gasteiger partial charge < -0.3 is 5.32 Å². The lowest BCUT2D eigenvalue weighted by atomic mass is 10.1. The number of aryl methyl sites for hydroxylation is 1. The SMILES string of the molecule is Cc1ccc(NC(=O)C[C@@H]2SC(=Nc3ccccc3)N([C@H](C)C3CC3)C2=O)cc1. The number of thioether (sulfide) groups is 1. The average Bonchev–Trinajstić information content (AvgIpc) is 3.51. The Balaban J connectivity index is 1.50. The number of nitrogens with one attached hydrogen (secondary N) is 1. The zero-order chi connectivity index (χ0) is 20.4. The molecule has 2 amide bonds. The van der Waals surface area contributed by atoms with Crippen LogP contribution in [-0.4, -0.2) is 33.2 Å². The fraction of sp³-hybridized carbons (Fsp3) is 0.348. The summed E-state index contributed by atoms with van der Waals surface area (Å²) in [5.74, 6) is 0.364. The third-order valence-corrected chi connectivity index (χ3v) is 6.52. The molecular weight excluding hydrogens is 382 g/mol. The van der Waals surface area contributed by atoms with Crippen LogP contribution in [-0.2, 0) is 9.59 Å². The minimum Gasteiger partial charge on any atom is -0.326 e. The Labute approximate surface area is 175 Å². The minimum absolute atomic E-state index is 0.0110. The molecular formula is C23H25N3O2S. The minimum atomic E-state index is -0.441. The van der Waals surface area contributed by atoms with E-state index in [4.69, 9.17) is 4.99 Å². The van der Waals surface area contributed by atoms with E-state index in [0.29, 0.717) is 11.1 Å². The van der Waals surface area contributed by atoms with Crippen molar-refractivity contribution in [1.29, 1.82) is 0 Å². The van der Waals surface area contributed by atoms with E-state index in [9.17, 15) is 9.59 Å². The quantitative estimate of drug-likeness (QED) is 0.751. The highest BCUT2D eigenvalue weighted by Crippen LogP contribution is 2.41. The molecule has 1 N–H and O–H groups in total. The fourth-order valence-electron chi connectivity index (χ4n) is 3.49. The fourth-order valence-corrected chi connectivity index (χ4v) is 4.72. The summed E-state index contributed by atoms with van der Waals surface area (Å²) in [7, 11) is 0. The van der Waals surface area contributed by atoms with E-state index in [1.165, 1.54) is 11.8 Å². The lowest BCUT2D eigenvalue weighted by Crippen LogP contribution is -2.41. The van der Waals surface area contributed by atoms with Gasteiger partial charge in [-0.05, 0) is 56.9 Å². The van der Waals surface area contributed by atoms with Gasteiger partial charge in [0.25, 0.3) is 0 Å². The third kappa shape index (κ3) is 4.70. The lowest BCUT2D eigenvalue weighted by Gasteiger charge is -2.24. The smallest absolute Gasteiger partial charge is 0.242 e. The zero-order valence-corrected chi connectivity index (χ0v) is 17.5. The molecule has 0 bridgehead atoms. The van der Waals surface area contributed by atoms with Crippen molar-refractivity contribution in [1.82, 2.24) is 4.90 Å². The van der Waals surface area contributed by atoms with Gasteiger partial charge in [-0.2, -0.15) is 0 Å². The summed E-state index contributed by atoms with van der Waals surface area (Å²) < 4.78 is 0. The first kappa shape index (κ1) is 19.7. The Morgan fingerprint density at radius 2 is 1.86 bits per heavy atom. The van der Waals surface area contributed by atoms with E-state index >= 15 is 0 Å². The van der Waals surface area contributed by atoms with Crippen molar-refractivity contribution in [3.63, 3.8) is 0 Å².